The lowest BCUT2D eigenvalue weighted by Crippen LogP contribution is -2.20. The molecule has 4 nitrogen and oxygen atoms in total. The number of ether oxygens (including phenoxy) is 2. The van der Waals surface area contributed by atoms with Crippen LogP contribution in [0.4, 0.5) is 5.69 Å². The average molecular weight is 314 g/mol. The molecule has 98 valence electrons. The Morgan fingerprint density at radius 3 is 2.61 bits per heavy atom. The van der Waals surface area contributed by atoms with Crippen molar-refractivity contribution in [3.63, 3.8) is 0 Å². The van der Waals surface area contributed by atoms with Gasteiger partial charge in [-0.1, -0.05) is 13.8 Å². The standard InChI is InChI=1S/C13H16BrNO3/c1-3-8(2)13(16)15-10-7-12-11(6-9(10)14)17-4-5-18-12/h6-8H,3-5H2,1-2H3,(H,15,16)/t8-/m0/s1. The van der Waals surface area contributed by atoms with E-state index in [-0.39, 0.29) is 11.8 Å². The zero-order valence-corrected chi connectivity index (χ0v) is 12.0. The molecule has 5 heteroatoms. The molecule has 1 heterocycles. The van der Waals surface area contributed by atoms with E-state index in [4.69, 9.17) is 9.47 Å². The van der Waals surface area contributed by atoms with Gasteiger partial charge in [0.2, 0.25) is 5.91 Å². The van der Waals surface area contributed by atoms with Gasteiger partial charge in [-0.3, -0.25) is 4.79 Å². The summed E-state index contributed by atoms with van der Waals surface area (Å²) in [6.45, 7) is 4.98. The van der Waals surface area contributed by atoms with Crippen LogP contribution < -0.4 is 14.8 Å². The van der Waals surface area contributed by atoms with Crippen molar-refractivity contribution in [3.8, 4) is 11.5 Å². The molecule has 18 heavy (non-hydrogen) atoms. The van der Waals surface area contributed by atoms with Gasteiger partial charge in [0, 0.05) is 22.5 Å². The zero-order chi connectivity index (χ0) is 13.1. The van der Waals surface area contributed by atoms with Crippen LogP contribution in [0.1, 0.15) is 20.3 Å². The van der Waals surface area contributed by atoms with E-state index in [1.165, 1.54) is 0 Å². The molecule has 0 aliphatic carbocycles. The molecule has 0 fully saturated rings. The second-order valence-corrected chi connectivity index (χ2v) is 5.13. The van der Waals surface area contributed by atoms with Crippen LogP contribution in [0.25, 0.3) is 0 Å². The van der Waals surface area contributed by atoms with Gasteiger partial charge >= 0.3 is 0 Å². The fourth-order valence-corrected chi connectivity index (χ4v) is 2.02. The Kier molecular flexibility index (Phi) is 4.11. The summed E-state index contributed by atoms with van der Waals surface area (Å²) in [7, 11) is 0. The largest absolute Gasteiger partial charge is 0.486 e. The molecule has 1 aliphatic rings. The summed E-state index contributed by atoms with van der Waals surface area (Å²) in [4.78, 5) is 11.9. The van der Waals surface area contributed by atoms with Crippen LogP contribution in [-0.2, 0) is 4.79 Å². The fourth-order valence-electron chi connectivity index (χ4n) is 1.60. The van der Waals surface area contributed by atoms with Crippen molar-refractivity contribution < 1.29 is 14.3 Å². The molecule has 1 aliphatic heterocycles. The average Bonchev–Trinajstić information content (AvgIpc) is 2.38. The monoisotopic (exact) mass is 313 g/mol. The highest BCUT2D eigenvalue weighted by atomic mass is 79.9. The first kappa shape index (κ1) is 13.2. The second-order valence-electron chi connectivity index (χ2n) is 4.27. The van der Waals surface area contributed by atoms with Crippen LogP contribution in [0, 0.1) is 5.92 Å². The summed E-state index contributed by atoms with van der Waals surface area (Å²) in [5.74, 6) is 1.37. The minimum atomic E-state index is -0.00917. The predicted molar refractivity (Wildman–Crippen MR) is 73.2 cm³/mol. The normalized spacial score (nSPS) is 15.1. The third-order valence-corrected chi connectivity index (χ3v) is 3.61. The van der Waals surface area contributed by atoms with Gasteiger partial charge in [-0.15, -0.1) is 0 Å². The molecule has 0 saturated heterocycles. The molecule has 1 amide bonds. The van der Waals surface area contributed by atoms with Gasteiger partial charge in [0.15, 0.2) is 11.5 Å². The Bertz CT molecular complexity index is 462. The third-order valence-electron chi connectivity index (χ3n) is 2.95. The highest BCUT2D eigenvalue weighted by molar-refractivity contribution is 9.10. The number of amides is 1. The minimum Gasteiger partial charge on any atom is -0.486 e. The van der Waals surface area contributed by atoms with Gasteiger partial charge in [-0.25, -0.2) is 0 Å². The number of fused-ring (bicyclic) bond motifs is 1. The molecule has 2 rings (SSSR count). The quantitative estimate of drug-likeness (QED) is 0.932. The van der Waals surface area contributed by atoms with Crippen LogP contribution in [0.15, 0.2) is 16.6 Å². The molecule has 1 aromatic carbocycles. The SMILES string of the molecule is CC[C@H](C)C(=O)Nc1cc2c(cc1Br)OCCO2. The van der Waals surface area contributed by atoms with Crippen molar-refractivity contribution in [1.29, 1.82) is 0 Å². The Balaban J connectivity index is 2.20. The van der Waals surface area contributed by atoms with E-state index in [0.29, 0.717) is 30.4 Å². The van der Waals surface area contributed by atoms with E-state index < -0.39 is 0 Å². The van der Waals surface area contributed by atoms with Crippen LogP contribution in [0.2, 0.25) is 0 Å². The van der Waals surface area contributed by atoms with Gasteiger partial charge in [-0.05, 0) is 22.4 Å². The highest BCUT2D eigenvalue weighted by Gasteiger charge is 2.17. The van der Waals surface area contributed by atoms with Crippen molar-refractivity contribution >= 4 is 27.5 Å². The number of carbonyl (C=O) groups is 1. The van der Waals surface area contributed by atoms with E-state index in [9.17, 15) is 4.79 Å². The molecule has 0 saturated carbocycles. The number of carbonyl (C=O) groups excluding carboxylic acids is 1. The fraction of sp³-hybridized carbons (Fsp3) is 0.462. The summed E-state index contributed by atoms with van der Waals surface area (Å²) in [6, 6.07) is 3.61. The van der Waals surface area contributed by atoms with E-state index >= 15 is 0 Å². The molecule has 0 radical (unpaired) electrons. The Morgan fingerprint density at radius 2 is 2.00 bits per heavy atom. The van der Waals surface area contributed by atoms with E-state index in [2.05, 4.69) is 21.2 Å². The molecular formula is C13H16BrNO3. The first-order valence-corrected chi connectivity index (χ1v) is 6.81. The Hall–Kier alpha value is -1.23. The maximum Gasteiger partial charge on any atom is 0.227 e. The molecule has 0 spiro atoms. The lowest BCUT2D eigenvalue weighted by Gasteiger charge is -2.20. The molecule has 0 aromatic heterocycles. The molecule has 1 N–H and O–H groups in total. The van der Waals surface area contributed by atoms with Crippen LogP contribution in [0.3, 0.4) is 0 Å². The van der Waals surface area contributed by atoms with E-state index in [1.54, 1.807) is 6.07 Å². The van der Waals surface area contributed by atoms with Crippen LogP contribution in [0.5, 0.6) is 11.5 Å². The summed E-state index contributed by atoms with van der Waals surface area (Å²) < 4.78 is 11.8. The van der Waals surface area contributed by atoms with Gasteiger partial charge in [0.05, 0.1) is 5.69 Å². The maximum absolute atomic E-state index is 11.9. The molecule has 1 atom stereocenters. The van der Waals surface area contributed by atoms with Crippen LogP contribution in [-0.4, -0.2) is 19.1 Å². The van der Waals surface area contributed by atoms with Crippen molar-refractivity contribution in [2.24, 2.45) is 5.92 Å². The van der Waals surface area contributed by atoms with Gasteiger partial charge < -0.3 is 14.8 Å². The van der Waals surface area contributed by atoms with Gasteiger partial charge in [-0.2, -0.15) is 0 Å². The predicted octanol–water partition coefficient (Wildman–Crippen LogP) is 3.20. The smallest absolute Gasteiger partial charge is 0.227 e. The van der Waals surface area contributed by atoms with Gasteiger partial charge in [0.25, 0.3) is 0 Å². The summed E-state index contributed by atoms with van der Waals surface area (Å²) in [6.07, 6.45) is 0.813. The van der Waals surface area contributed by atoms with Crippen molar-refractivity contribution in [3.05, 3.63) is 16.6 Å². The maximum atomic E-state index is 11.9. The lowest BCUT2D eigenvalue weighted by atomic mass is 10.1. The number of anilines is 1. The number of halogens is 1. The first-order valence-electron chi connectivity index (χ1n) is 6.01. The number of benzene rings is 1. The van der Waals surface area contributed by atoms with E-state index in [0.717, 1.165) is 10.9 Å². The topological polar surface area (TPSA) is 47.6 Å². The zero-order valence-electron chi connectivity index (χ0n) is 10.5. The first-order chi connectivity index (χ1) is 8.61. The molecule has 1 aromatic rings. The van der Waals surface area contributed by atoms with Gasteiger partial charge in [0.1, 0.15) is 13.2 Å². The molecule has 0 unspecified atom stereocenters. The Morgan fingerprint density at radius 1 is 1.39 bits per heavy atom. The number of rotatable bonds is 3. The van der Waals surface area contributed by atoms with Crippen molar-refractivity contribution in [1.82, 2.24) is 0 Å². The minimum absolute atomic E-state index is 0.00915. The Labute approximate surface area is 115 Å². The van der Waals surface area contributed by atoms with E-state index in [1.807, 2.05) is 19.9 Å². The second kappa shape index (κ2) is 5.61. The third kappa shape index (κ3) is 2.77. The number of nitrogens with one attached hydrogen (secondary N) is 1. The number of hydrogen-bond donors (Lipinski definition) is 1. The number of hydrogen-bond acceptors (Lipinski definition) is 3. The summed E-state index contributed by atoms with van der Waals surface area (Å²) in [5.41, 5.74) is 0.713. The summed E-state index contributed by atoms with van der Waals surface area (Å²) in [5, 5.41) is 2.89. The summed E-state index contributed by atoms with van der Waals surface area (Å²) >= 11 is 3.42. The van der Waals surface area contributed by atoms with Crippen LogP contribution >= 0.6 is 15.9 Å². The molecule has 0 bridgehead atoms. The van der Waals surface area contributed by atoms with Crippen molar-refractivity contribution in [2.75, 3.05) is 18.5 Å². The molecular weight excluding hydrogens is 298 g/mol. The van der Waals surface area contributed by atoms with Crippen molar-refractivity contribution in [2.45, 2.75) is 20.3 Å². The lowest BCUT2D eigenvalue weighted by molar-refractivity contribution is -0.119. The highest BCUT2D eigenvalue weighted by Crippen LogP contribution is 2.38.